The molecule has 7 nitrogen and oxygen atoms in total. The third-order valence-electron chi connectivity index (χ3n) is 6.95. The summed E-state index contributed by atoms with van der Waals surface area (Å²) in [5, 5.41) is 0.290. The Bertz CT molecular complexity index is 1080. The normalized spacial score (nSPS) is 23.7. The van der Waals surface area contributed by atoms with Gasteiger partial charge in [0.1, 0.15) is 17.2 Å². The van der Waals surface area contributed by atoms with Gasteiger partial charge in [-0.25, -0.2) is 14.2 Å². The number of benzene rings is 1. The molecule has 190 valence electrons. The number of carbonyl (C=O) groups is 1. The van der Waals surface area contributed by atoms with Crippen LogP contribution in [-0.4, -0.2) is 62.9 Å². The maximum atomic E-state index is 15.2. The van der Waals surface area contributed by atoms with Gasteiger partial charge in [-0.15, -0.1) is 0 Å². The van der Waals surface area contributed by atoms with Crippen LogP contribution >= 0.6 is 11.8 Å². The second-order valence-corrected chi connectivity index (χ2v) is 12.4. The number of hydrogen-bond acceptors (Lipinski definition) is 6. The van der Waals surface area contributed by atoms with Crippen molar-refractivity contribution in [1.82, 2.24) is 14.9 Å². The first-order valence-electron chi connectivity index (χ1n) is 11.9. The molecule has 0 radical (unpaired) electrons. The first-order valence-corrected chi connectivity index (χ1v) is 13.2. The zero-order valence-electron chi connectivity index (χ0n) is 21.8. The quantitative estimate of drug-likeness (QED) is 0.597. The zero-order valence-corrected chi connectivity index (χ0v) is 22.6. The number of nitrogens with one attached hydrogen (secondary N) is 1. The Kier molecular flexibility index (Phi) is 6.79. The number of aromatic amines is 1. The molecule has 3 heterocycles. The number of ether oxygens (including phenoxy) is 1. The van der Waals surface area contributed by atoms with Gasteiger partial charge in [-0.3, -0.25) is 4.90 Å². The van der Waals surface area contributed by atoms with Crippen molar-refractivity contribution in [3.8, 4) is 11.3 Å². The van der Waals surface area contributed by atoms with Gasteiger partial charge < -0.3 is 19.0 Å². The number of nitrogens with zero attached hydrogens (tertiary/aromatic N) is 2. The molecule has 0 unspecified atom stereocenters. The summed E-state index contributed by atoms with van der Waals surface area (Å²) in [4.78, 5) is 22.5. The molecule has 2 aliphatic heterocycles. The molecule has 2 aromatic rings. The molecular weight excluding hydrogens is 468 g/mol. The highest BCUT2D eigenvalue weighted by molar-refractivity contribution is 7.99. The molecule has 0 spiro atoms. The number of aromatic nitrogens is 2. The molecule has 1 amide bonds. The average molecular weight is 503 g/mol. The number of rotatable bonds is 4. The third-order valence-corrected chi connectivity index (χ3v) is 7.96. The molecule has 4 rings (SSSR count). The fourth-order valence-electron chi connectivity index (χ4n) is 4.26. The molecule has 2 saturated heterocycles. The number of amides is 1. The second kappa shape index (κ2) is 9.12. The lowest BCUT2D eigenvalue weighted by molar-refractivity contribution is 0.00578. The van der Waals surface area contributed by atoms with Gasteiger partial charge in [0, 0.05) is 22.8 Å². The van der Waals surface area contributed by atoms with Gasteiger partial charge in [0.25, 0.3) is 0 Å². The molecule has 2 aliphatic rings. The van der Waals surface area contributed by atoms with Crippen LogP contribution < -0.4 is 5.46 Å². The Morgan fingerprint density at radius 3 is 2.49 bits per heavy atom. The van der Waals surface area contributed by atoms with Gasteiger partial charge in [0.2, 0.25) is 0 Å². The summed E-state index contributed by atoms with van der Waals surface area (Å²) in [5.41, 5.74) is 0.0281. The van der Waals surface area contributed by atoms with Crippen LogP contribution in [0.3, 0.4) is 0 Å². The smallest absolute Gasteiger partial charge is 0.444 e. The topological polar surface area (TPSA) is 76.7 Å². The summed E-state index contributed by atoms with van der Waals surface area (Å²) in [6, 6.07) is 4.75. The monoisotopic (exact) mass is 503 g/mol. The first kappa shape index (κ1) is 26.0. The molecule has 2 fully saturated rings. The second-order valence-electron chi connectivity index (χ2n) is 11.2. The Hall–Kier alpha value is -2.04. The van der Waals surface area contributed by atoms with E-state index in [2.05, 4.69) is 9.97 Å². The van der Waals surface area contributed by atoms with E-state index in [-0.39, 0.29) is 17.4 Å². The van der Waals surface area contributed by atoms with Gasteiger partial charge in [-0.2, -0.15) is 11.8 Å². The molecule has 0 bridgehead atoms. The van der Waals surface area contributed by atoms with Gasteiger partial charge in [-0.05, 0) is 67.2 Å². The molecular formula is C25H35BFN3O4S. The molecule has 35 heavy (non-hydrogen) atoms. The van der Waals surface area contributed by atoms with Crippen LogP contribution in [0.15, 0.2) is 24.4 Å². The summed E-state index contributed by atoms with van der Waals surface area (Å²) in [7, 11) is -0.768. The van der Waals surface area contributed by atoms with E-state index in [1.165, 1.54) is 6.07 Å². The van der Waals surface area contributed by atoms with Crippen LogP contribution in [0.4, 0.5) is 9.18 Å². The van der Waals surface area contributed by atoms with E-state index in [1.54, 1.807) is 28.9 Å². The Morgan fingerprint density at radius 2 is 1.91 bits per heavy atom. The fraction of sp³-hybridized carbons (Fsp3) is 0.600. The van der Waals surface area contributed by atoms with Gasteiger partial charge in [-0.1, -0.05) is 12.1 Å². The predicted molar refractivity (Wildman–Crippen MR) is 137 cm³/mol. The van der Waals surface area contributed by atoms with Gasteiger partial charge in [0.15, 0.2) is 0 Å². The zero-order chi connectivity index (χ0) is 25.8. The summed E-state index contributed by atoms with van der Waals surface area (Å²) in [6.07, 6.45) is 4.13. The summed E-state index contributed by atoms with van der Waals surface area (Å²) < 4.78 is 32.8. The van der Waals surface area contributed by atoms with E-state index < -0.39 is 29.7 Å². The van der Waals surface area contributed by atoms with Crippen molar-refractivity contribution < 1.29 is 23.2 Å². The number of H-pyrrole nitrogens is 1. The number of thioether (sulfide) groups is 1. The van der Waals surface area contributed by atoms with Crippen LogP contribution in [0.2, 0.25) is 0 Å². The maximum absolute atomic E-state index is 15.2. The maximum Gasteiger partial charge on any atom is 0.497 e. The summed E-state index contributed by atoms with van der Waals surface area (Å²) >= 11 is 1.72. The lowest BCUT2D eigenvalue weighted by Crippen LogP contribution is -2.41. The Morgan fingerprint density at radius 1 is 1.26 bits per heavy atom. The van der Waals surface area contributed by atoms with E-state index in [0.29, 0.717) is 29.1 Å². The molecule has 1 N–H and O–H groups in total. The van der Waals surface area contributed by atoms with E-state index in [0.717, 1.165) is 6.42 Å². The highest BCUT2D eigenvalue weighted by atomic mass is 32.2. The van der Waals surface area contributed by atoms with Gasteiger partial charge >= 0.3 is 13.2 Å². The van der Waals surface area contributed by atoms with Gasteiger partial charge in [0.05, 0.1) is 29.1 Å². The van der Waals surface area contributed by atoms with Crippen LogP contribution in [-0.2, 0) is 14.0 Å². The van der Waals surface area contributed by atoms with Crippen molar-refractivity contribution in [2.24, 2.45) is 0 Å². The van der Waals surface area contributed by atoms with Crippen LogP contribution in [0, 0.1) is 5.82 Å². The van der Waals surface area contributed by atoms with E-state index in [9.17, 15) is 4.79 Å². The highest BCUT2D eigenvalue weighted by Gasteiger charge is 2.52. The third kappa shape index (κ3) is 5.25. The first-order chi connectivity index (χ1) is 16.2. The standard InChI is InChI=1S/C25H35BFN3O4S/c1-23(2,3)32-22(31)30-14-16(35-8)12-20(30)21-28-13-19(29-21)15-9-10-17(18(27)11-15)26-33-24(4,5)25(6,7)34-26/h9-11,13,16,20H,12,14H2,1-8H3,(H,28,29)/t16-,20-/m0/s1. The fourth-order valence-corrected chi connectivity index (χ4v) is 4.94. The molecule has 0 aliphatic carbocycles. The molecule has 1 aromatic carbocycles. The number of imidazole rings is 1. The molecule has 0 saturated carbocycles. The lowest BCUT2D eigenvalue weighted by atomic mass is 9.78. The minimum atomic E-state index is -0.768. The van der Waals surface area contributed by atoms with E-state index >= 15 is 4.39 Å². The van der Waals surface area contributed by atoms with Crippen molar-refractivity contribution in [2.45, 2.75) is 83.0 Å². The predicted octanol–water partition coefficient (Wildman–Crippen LogP) is 4.93. The van der Waals surface area contributed by atoms with E-state index in [1.807, 2.05) is 60.8 Å². The average Bonchev–Trinajstić information content (AvgIpc) is 3.42. The highest BCUT2D eigenvalue weighted by Crippen LogP contribution is 2.38. The SMILES string of the molecule is CS[C@H]1C[C@@H](c2ncc(-c3ccc(B4OC(C)(C)C(C)(C)O4)c(F)c3)[nH]2)N(C(=O)OC(C)(C)C)C1. The number of halogens is 1. The number of carbonyl (C=O) groups excluding carboxylic acids is 1. The van der Waals surface area contributed by atoms with Crippen molar-refractivity contribution in [3.63, 3.8) is 0 Å². The summed E-state index contributed by atoms with van der Waals surface area (Å²) in [6.45, 7) is 13.9. The van der Waals surface area contributed by atoms with Crippen LogP contribution in [0.5, 0.6) is 0 Å². The minimum Gasteiger partial charge on any atom is -0.444 e. The minimum absolute atomic E-state index is 0.232. The van der Waals surface area contributed by atoms with Crippen molar-refractivity contribution in [2.75, 3.05) is 12.8 Å². The van der Waals surface area contributed by atoms with Crippen molar-refractivity contribution >= 4 is 30.4 Å². The Labute approximate surface area is 211 Å². The number of likely N-dealkylation sites (tertiary alicyclic amines) is 1. The molecule has 1 aromatic heterocycles. The molecule has 2 atom stereocenters. The summed E-state index contributed by atoms with van der Waals surface area (Å²) in [5.74, 6) is 0.258. The van der Waals surface area contributed by atoms with Crippen molar-refractivity contribution in [1.29, 1.82) is 0 Å². The van der Waals surface area contributed by atoms with Crippen LogP contribution in [0.1, 0.15) is 66.8 Å². The van der Waals surface area contributed by atoms with E-state index in [4.69, 9.17) is 14.0 Å². The van der Waals surface area contributed by atoms with Crippen LogP contribution in [0.25, 0.3) is 11.3 Å². The largest absolute Gasteiger partial charge is 0.497 e. The number of hydrogen-bond donors (Lipinski definition) is 1. The Balaban J connectivity index is 1.55. The molecule has 10 heteroatoms. The van der Waals surface area contributed by atoms with Crippen molar-refractivity contribution in [3.05, 3.63) is 36.0 Å². The lowest BCUT2D eigenvalue weighted by Gasteiger charge is -2.32.